The van der Waals surface area contributed by atoms with E-state index in [9.17, 15) is 13.9 Å². The molecule has 238 valence electrons. The van der Waals surface area contributed by atoms with Gasteiger partial charge in [0.1, 0.15) is 24.3 Å². The van der Waals surface area contributed by atoms with Crippen molar-refractivity contribution in [1.29, 1.82) is 0 Å². The highest BCUT2D eigenvalue weighted by molar-refractivity contribution is 5.61. The molecule has 0 aromatic heterocycles. The maximum Gasteiger partial charge on any atom is 0.165 e. The Hall–Kier alpha value is -3.28. The third kappa shape index (κ3) is 8.46. The van der Waals surface area contributed by atoms with Crippen LogP contribution in [0.25, 0.3) is 0 Å². The van der Waals surface area contributed by atoms with E-state index in [4.69, 9.17) is 23.7 Å². The van der Waals surface area contributed by atoms with Gasteiger partial charge in [0.05, 0.1) is 44.3 Å². The Morgan fingerprint density at radius 1 is 1.02 bits per heavy atom. The molecule has 0 amide bonds. The fourth-order valence-corrected chi connectivity index (χ4v) is 5.72. The van der Waals surface area contributed by atoms with Gasteiger partial charge in [0.25, 0.3) is 0 Å². The van der Waals surface area contributed by atoms with Gasteiger partial charge < -0.3 is 39.0 Å². The van der Waals surface area contributed by atoms with Crippen molar-refractivity contribution >= 4 is 5.69 Å². The monoisotopic (exact) mass is 612 g/mol. The van der Waals surface area contributed by atoms with E-state index in [1.54, 1.807) is 14.0 Å². The number of nitrogens with zero attached hydrogens (tertiary/aromatic N) is 1. The summed E-state index contributed by atoms with van der Waals surface area (Å²) in [6.45, 7) is 6.94. The number of hydrogen-bond donors (Lipinski definition) is 2. The Balaban J connectivity index is 1.15. The molecule has 10 heteroatoms. The van der Waals surface area contributed by atoms with Crippen LogP contribution >= 0.6 is 0 Å². The van der Waals surface area contributed by atoms with Crippen molar-refractivity contribution < 1.29 is 37.6 Å². The molecule has 1 fully saturated rings. The smallest absolute Gasteiger partial charge is 0.165 e. The predicted octanol–water partition coefficient (Wildman–Crippen LogP) is 4.82. The molecule has 2 heterocycles. The second-order valence-corrected chi connectivity index (χ2v) is 11.3. The van der Waals surface area contributed by atoms with Gasteiger partial charge in [-0.15, -0.1) is 0 Å². The van der Waals surface area contributed by atoms with E-state index >= 15 is 0 Å². The van der Waals surface area contributed by atoms with Crippen molar-refractivity contribution in [2.75, 3.05) is 58.0 Å². The summed E-state index contributed by atoms with van der Waals surface area (Å²) in [7, 11) is 1.72. The highest BCUT2D eigenvalue weighted by atomic mass is 19.1. The summed E-state index contributed by atoms with van der Waals surface area (Å²) < 4.78 is 56.0. The van der Waals surface area contributed by atoms with E-state index in [0.717, 1.165) is 72.4 Å². The number of rotatable bonds is 14. The van der Waals surface area contributed by atoms with Gasteiger partial charge in [-0.3, -0.25) is 0 Å². The van der Waals surface area contributed by atoms with Gasteiger partial charge >= 0.3 is 0 Å². The molecule has 2 aliphatic heterocycles. The van der Waals surface area contributed by atoms with Gasteiger partial charge in [-0.25, -0.2) is 8.78 Å². The Labute approximate surface area is 257 Å². The molecule has 0 saturated carbocycles. The van der Waals surface area contributed by atoms with E-state index in [2.05, 4.69) is 16.3 Å². The minimum Gasteiger partial charge on any atom is -0.490 e. The number of anilines is 1. The van der Waals surface area contributed by atoms with Crippen LogP contribution < -0.4 is 19.7 Å². The normalized spacial score (nSPS) is 20.6. The molecule has 0 bridgehead atoms. The van der Waals surface area contributed by atoms with Crippen molar-refractivity contribution in [1.82, 2.24) is 5.32 Å². The predicted molar refractivity (Wildman–Crippen MR) is 163 cm³/mol. The number of aliphatic hydroxyl groups excluding tert-OH is 1. The zero-order chi connectivity index (χ0) is 30.9. The first-order chi connectivity index (χ1) is 21.4. The quantitative estimate of drug-likeness (QED) is 0.251. The van der Waals surface area contributed by atoms with Gasteiger partial charge in [-0.1, -0.05) is 30.3 Å². The number of hydrogen-bond acceptors (Lipinski definition) is 8. The lowest BCUT2D eigenvalue weighted by atomic mass is 9.85. The van der Waals surface area contributed by atoms with Gasteiger partial charge in [0.15, 0.2) is 11.6 Å². The van der Waals surface area contributed by atoms with Crippen LogP contribution in [-0.4, -0.2) is 76.5 Å². The van der Waals surface area contributed by atoms with Crippen molar-refractivity contribution in [3.63, 3.8) is 0 Å². The molecule has 0 radical (unpaired) electrons. The highest BCUT2D eigenvalue weighted by Crippen LogP contribution is 2.34. The number of methoxy groups -OCH3 is 1. The molecule has 2 N–H and O–H groups in total. The maximum absolute atomic E-state index is 13.8. The van der Waals surface area contributed by atoms with Crippen LogP contribution in [0.3, 0.4) is 0 Å². The fraction of sp³-hybridized carbons (Fsp3) is 0.471. The van der Waals surface area contributed by atoms with Crippen LogP contribution in [0.2, 0.25) is 0 Å². The summed E-state index contributed by atoms with van der Waals surface area (Å²) in [6.07, 6.45) is -0.326. The van der Waals surface area contributed by atoms with Crippen LogP contribution in [0.1, 0.15) is 36.0 Å². The summed E-state index contributed by atoms with van der Waals surface area (Å²) in [5.74, 6) is -0.614. The standard InChI is InChI=1S/C34H42F2N2O6/c1-23(44-32-17-27(35)9-10-28(32)36)20-41-21-24-4-7-26(8-5-24)34-30(39)18-37-19-33(34)43-22-25-6-11-31-29(16-25)38(13-15-42-31)12-3-14-40-2/h4-11,16-17,23,30,33-34,37,39H,3,12-15,18-22H2,1-2H3/t23-,30+,33-,34-/m0/s1. The first kappa shape index (κ1) is 32.1. The van der Waals surface area contributed by atoms with Crippen LogP contribution in [0, 0.1) is 11.6 Å². The molecule has 2 aliphatic rings. The molecule has 1 saturated heterocycles. The van der Waals surface area contributed by atoms with E-state index in [0.29, 0.717) is 32.9 Å². The number of β-amino-alcohol motifs (C(OH)–C–C–N with tert-alkyl or cyclic N) is 1. The average molecular weight is 613 g/mol. The number of benzene rings is 3. The van der Waals surface area contributed by atoms with E-state index in [-0.39, 0.29) is 24.4 Å². The molecule has 0 spiro atoms. The molecular formula is C34H42F2N2O6. The number of piperidine rings is 1. The fourth-order valence-electron chi connectivity index (χ4n) is 5.72. The largest absolute Gasteiger partial charge is 0.490 e. The molecule has 3 aromatic carbocycles. The molecule has 44 heavy (non-hydrogen) atoms. The molecular weight excluding hydrogens is 570 g/mol. The summed E-state index contributed by atoms with van der Waals surface area (Å²) in [4.78, 5) is 2.33. The van der Waals surface area contributed by atoms with Crippen molar-refractivity contribution in [3.8, 4) is 11.5 Å². The van der Waals surface area contributed by atoms with E-state index < -0.39 is 23.8 Å². The Morgan fingerprint density at radius 2 is 1.84 bits per heavy atom. The van der Waals surface area contributed by atoms with Gasteiger partial charge in [0.2, 0.25) is 0 Å². The topological polar surface area (TPSA) is 81.7 Å². The summed E-state index contributed by atoms with van der Waals surface area (Å²) in [5, 5.41) is 14.2. The van der Waals surface area contributed by atoms with Crippen LogP contribution in [0.15, 0.2) is 60.7 Å². The number of nitrogens with one attached hydrogen (secondary N) is 1. The first-order valence-electron chi connectivity index (χ1n) is 15.2. The second-order valence-electron chi connectivity index (χ2n) is 11.3. The van der Waals surface area contributed by atoms with Crippen molar-refractivity contribution in [3.05, 3.63) is 89.0 Å². The number of fused-ring (bicyclic) bond motifs is 1. The lowest BCUT2D eigenvalue weighted by Gasteiger charge is -2.36. The van der Waals surface area contributed by atoms with Crippen LogP contribution in [0.4, 0.5) is 14.5 Å². The number of halogens is 2. The Bertz CT molecular complexity index is 1340. The Kier molecular flexibility index (Phi) is 11.4. The Morgan fingerprint density at radius 3 is 2.66 bits per heavy atom. The van der Waals surface area contributed by atoms with Crippen molar-refractivity contribution in [2.45, 2.75) is 50.8 Å². The SMILES string of the molecule is COCCCN1CCOc2ccc(CO[C@H]3CNC[C@@H](O)[C@@H]3c3ccc(COC[C@H](C)Oc4cc(F)ccc4F)cc3)cc21. The average Bonchev–Trinajstić information content (AvgIpc) is 3.02. The van der Waals surface area contributed by atoms with E-state index in [1.165, 1.54) is 0 Å². The van der Waals surface area contributed by atoms with Gasteiger partial charge in [0, 0.05) is 45.3 Å². The zero-order valence-corrected chi connectivity index (χ0v) is 25.3. The molecule has 5 rings (SSSR count). The first-order valence-corrected chi connectivity index (χ1v) is 15.2. The molecule has 4 atom stereocenters. The molecule has 3 aromatic rings. The summed E-state index contributed by atoms with van der Waals surface area (Å²) >= 11 is 0. The second kappa shape index (κ2) is 15.6. The third-order valence-electron chi connectivity index (χ3n) is 7.94. The number of aliphatic hydroxyl groups is 1. The minimum atomic E-state index is -0.617. The minimum absolute atomic E-state index is 0.136. The number of ether oxygens (including phenoxy) is 5. The zero-order valence-electron chi connectivity index (χ0n) is 25.3. The van der Waals surface area contributed by atoms with Gasteiger partial charge in [-0.05, 0) is 54.3 Å². The highest BCUT2D eigenvalue weighted by Gasteiger charge is 2.34. The maximum atomic E-state index is 13.8. The van der Waals surface area contributed by atoms with Crippen LogP contribution in [0.5, 0.6) is 11.5 Å². The van der Waals surface area contributed by atoms with Crippen molar-refractivity contribution in [2.24, 2.45) is 0 Å². The lowest BCUT2D eigenvalue weighted by Crippen LogP contribution is -2.49. The van der Waals surface area contributed by atoms with Crippen LogP contribution in [-0.2, 0) is 27.4 Å². The third-order valence-corrected chi connectivity index (χ3v) is 7.94. The molecule has 0 unspecified atom stereocenters. The van der Waals surface area contributed by atoms with E-state index in [1.807, 2.05) is 36.4 Å². The van der Waals surface area contributed by atoms with Gasteiger partial charge in [-0.2, -0.15) is 0 Å². The lowest BCUT2D eigenvalue weighted by molar-refractivity contribution is -0.0328. The molecule has 0 aliphatic carbocycles. The molecule has 8 nitrogen and oxygen atoms in total. The summed E-state index contributed by atoms with van der Waals surface area (Å²) in [5.41, 5.74) is 4.07. The summed E-state index contributed by atoms with van der Waals surface area (Å²) in [6, 6.07) is 17.3.